The largest absolute Gasteiger partial charge is 0.346 e. The van der Waals surface area contributed by atoms with E-state index in [1.807, 2.05) is 6.92 Å². The van der Waals surface area contributed by atoms with Crippen LogP contribution in [0.5, 0.6) is 0 Å². The van der Waals surface area contributed by atoms with E-state index in [4.69, 9.17) is 0 Å². The van der Waals surface area contributed by atoms with Gasteiger partial charge in [-0.25, -0.2) is 0 Å². The van der Waals surface area contributed by atoms with Gasteiger partial charge in [0.25, 0.3) is 0 Å². The molecule has 1 unspecified atom stereocenters. The number of hydrogen-bond donors (Lipinski definition) is 1. The molecule has 0 aromatic heterocycles. The van der Waals surface area contributed by atoms with Crippen molar-refractivity contribution in [3.05, 3.63) is 23.4 Å². The van der Waals surface area contributed by atoms with Gasteiger partial charge in [-0.3, -0.25) is 4.99 Å². The molecule has 1 aliphatic carbocycles. The molecule has 0 spiro atoms. The Bertz CT molecular complexity index is 271. The second-order valence-electron chi connectivity index (χ2n) is 3.19. The van der Waals surface area contributed by atoms with E-state index in [1.54, 1.807) is 0 Å². The maximum atomic E-state index is 4.46. The van der Waals surface area contributed by atoms with Crippen molar-refractivity contribution >= 4 is 5.84 Å². The number of nitrogens with one attached hydrogen (secondary N) is 1. The molecule has 2 heteroatoms. The minimum Gasteiger partial charge on any atom is -0.346 e. The van der Waals surface area contributed by atoms with Gasteiger partial charge in [0.2, 0.25) is 0 Å². The Morgan fingerprint density at radius 2 is 2.27 bits per heavy atom. The van der Waals surface area contributed by atoms with Crippen LogP contribution in [0.25, 0.3) is 0 Å². The number of amidine groups is 1. The molecule has 1 heterocycles. The third-order valence-corrected chi connectivity index (χ3v) is 2.10. The first-order valence-electron chi connectivity index (χ1n) is 3.94. The van der Waals surface area contributed by atoms with Crippen molar-refractivity contribution in [1.29, 1.82) is 0 Å². The monoisotopic (exact) mass is 148 g/mol. The normalized spacial score (nSPS) is 28.2. The van der Waals surface area contributed by atoms with Crippen LogP contribution < -0.4 is 5.32 Å². The highest BCUT2D eigenvalue weighted by Gasteiger charge is 2.21. The fourth-order valence-corrected chi connectivity index (χ4v) is 1.54. The maximum Gasteiger partial charge on any atom is 0.0982 e. The van der Waals surface area contributed by atoms with Gasteiger partial charge in [-0.2, -0.15) is 0 Å². The van der Waals surface area contributed by atoms with Crippen LogP contribution in [0.4, 0.5) is 0 Å². The molecular weight excluding hydrogens is 136 g/mol. The second-order valence-corrected chi connectivity index (χ2v) is 3.19. The van der Waals surface area contributed by atoms with Gasteiger partial charge >= 0.3 is 0 Å². The molecule has 58 valence electrons. The summed E-state index contributed by atoms with van der Waals surface area (Å²) >= 11 is 0. The van der Waals surface area contributed by atoms with Crippen molar-refractivity contribution in [2.45, 2.75) is 26.3 Å². The van der Waals surface area contributed by atoms with Crippen molar-refractivity contribution in [2.24, 2.45) is 4.99 Å². The highest BCUT2D eigenvalue weighted by molar-refractivity contribution is 5.84. The number of allylic oxidation sites excluding steroid dienone is 2. The van der Waals surface area contributed by atoms with E-state index in [9.17, 15) is 0 Å². The van der Waals surface area contributed by atoms with Crippen LogP contribution in [0.1, 0.15) is 20.3 Å². The fraction of sp³-hybridized carbons (Fsp3) is 0.444. The predicted octanol–water partition coefficient (Wildman–Crippen LogP) is 1.61. The molecule has 0 amide bonds. The average Bonchev–Trinajstić information content (AvgIpc) is 2.27. The van der Waals surface area contributed by atoms with Gasteiger partial charge in [0.15, 0.2) is 0 Å². The summed E-state index contributed by atoms with van der Waals surface area (Å²) in [6, 6.07) is 0.389. The molecule has 1 aliphatic heterocycles. The summed E-state index contributed by atoms with van der Waals surface area (Å²) in [5.74, 6) is 1.05. The van der Waals surface area contributed by atoms with E-state index in [0.29, 0.717) is 6.04 Å². The predicted molar refractivity (Wildman–Crippen MR) is 46.5 cm³/mol. The van der Waals surface area contributed by atoms with Gasteiger partial charge in [0.05, 0.1) is 11.9 Å². The van der Waals surface area contributed by atoms with Gasteiger partial charge in [-0.05, 0) is 26.3 Å². The van der Waals surface area contributed by atoms with Gasteiger partial charge in [0.1, 0.15) is 0 Å². The zero-order valence-electron chi connectivity index (χ0n) is 6.89. The zero-order valence-corrected chi connectivity index (χ0v) is 6.89. The molecule has 2 aliphatic rings. The van der Waals surface area contributed by atoms with Crippen molar-refractivity contribution in [1.82, 2.24) is 5.32 Å². The maximum absolute atomic E-state index is 4.46. The molecule has 2 rings (SSSR count). The minimum absolute atomic E-state index is 0.389. The van der Waals surface area contributed by atoms with Crippen molar-refractivity contribution in [3.8, 4) is 0 Å². The molecule has 0 aromatic rings. The highest BCUT2D eigenvalue weighted by Crippen LogP contribution is 2.23. The van der Waals surface area contributed by atoms with Gasteiger partial charge in [-0.1, -0.05) is 11.6 Å². The molecule has 1 N–H and O–H groups in total. The first-order chi connectivity index (χ1) is 5.25. The molecular formula is C9H12N2. The van der Waals surface area contributed by atoms with Gasteiger partial charge < -0.3 is 5.32 Å². The summed E-state index contributed by atoms with van der Waals surface area (Å²) in [7, 11) is 0. The van der Waals surface area contributed by atoms with E-state index in [-0.39, 0.29) is 0 Å². The third-order valence-electron chi connectivity index (χ3n) is 2.10. The van der Waals surface area contributed by atoms with Gasteiger partial charge in [-0.15, -0.1) is 0 Å². The lowest BCUT2D eigenvalue weighted by molar-refractivity contribution is 0.754. The quantitative estimate of drug-likeness (QED) is 0.554. The number of nitrogens with zero attached hydrogens (tertiary/aromatic N) is 1. The van der Waals surface area contributed by atoms with E-state index < -0.39 is 0 Å². The average molecular weight is 148 g/mol. The lowest BCUT2D eigenvalue weighted by Crippen LogP contribution is -2.18. The van der Waals surface area contributed by atoms with Gasteiger partial charge in [0, 0.05) is 5.70 Å². The first-order valence-corrected chi connectivity index (χ1v) is 3.94. The SMILES string of the molecule is CC1=CC=C2NC(C)=NC2C1. The summed E-state index contributed by atoms with van der Waals surface area (Å²) in [6.45, 7) is 4.16. The Balaban J connectivity index is 2.27. The lowest BCUT2D eigenvalue weighted by atomic mass is 10.0. The molecule has 0 saturated heterocycles. The second kappa shape index (κ2) is 2.22. The highest BCUT2D eigenvalue weighted by atomic mass is 15.1. The zero-order chi connectivity index (χ0) is 7.84. The van der Waals surface area contributed by atoms with Crippen LogP contribution in [0.2, 0.25) is 0 Å². The lowest BCUT2D eigenvalue weighted by Gasteiger charge is -2.13. The van der Waals surface area contributed by atoms with Crippen LogP contribution in [0.3, 0.4) is 0 Å². The summed E-state index contributed by atoms with van der Waals surface area (Å²) in [4.78, 5) is 4.46. The van der Waals surface area contributed by atoms with E-state index in [1.165, 1.54) is 11.3 Å². The summed E-state index contributed by atoms with van der Waals surface area (Å²) < 4.78 is 0. The molecule has 0 radical (unpaired) electrons. The first kappa shape index (κ1) is 6.65. The van der Waals surface area contributed by atoms with Crippen molar-refractivity contribution in [3.63, 3.8) is 0 Å². The number of fused-ring (bicyclic) bond motifs is 1. The van der Waals surface area contributed by atoms with Crippen LogP contribution in [0.15, 0.2) is 28.4 Å². The topological polar surface area (TPSA) is 24.4 Å². The minimum atomic E-state index is 0.389. The van der Waals surface area contributed by atoms with Crippen LogP contribution in [-0.2, 0) is 0 Å². The smallest absolute Gasteiger partial charge is 0.0982 e. The summed E-state index contributed by atoms with van der Waals surface area (Å²) in [5.41, 5.74) is 2.67. The molecule has 2 nitrogen and oxygen atoms in total. The molecule has 11 heavy (non-hydrogen) atoms. The number of aliphatic imine (C=N–C) groups is 1. The van der Waals surface area contributed by atoms with E-state index >= 15 is 0 Å². The van der Waals surface area contributed by atoms with Crippen LogP contribution in [0, 0.1) is 0 Å². The Morgan fingerprint density at radius 1 is 1.45 bits per heavy atom. The molecule has 0 bridgehead atoms. The molecule has 1 atom stereocenters. The Labute approximate surface area is 66.7 Å². The fourth-order valence-electron chi connectivity index (χ4n) is 1.54. The third kappa shape index (κ3) is 1.09. The molecule has 0 saturated carbocycles. The van der Waals surface area contributed by atoms with Crippen molar-refractivity contribution in [2.75, 3.05) is 0 Å². The van der Waals surface area contributed by atoms with Crippen LogP contribution in [-0.4, -0.2) is 11.9 Å². The Morgan fingerprint density at radius 3 is 3.09 bits per heavy atom. The van der Waals surface area contributed by atoms with Crippen LogP contribution >= 0.6 is 0 Å². The Hall–Kier alpha value is -1.05. The van der Waals surface area contributed by atoms with E-state index in [0.717, 1.165) is 12.3 Å². The Kier molecular flexibility index (Phi) is 1.34. The standard InChI is InChI=1S/C9H12N2/c1-6-3-4-8-9(5-6)11-7(2)10-8/h3-4,9H,5H2,1-2H3,(H,10,11). The molecule has 0 fully saturated rings. The summed E-state index contributed by atoms with van der Waals surface area (Å²) in [5, 5.41) is 3.24. The van der Waals surface area contributed by atoms with E-state index in [2.05, 4.69) is 29.4 Å². The van der Waals surface area contributed by atoms with Crippen molar-refractivity contribution < 1.29 is 0 Å². The molecule has 0 aromatic carbocycles. The number of hydrogen-bond acceptors (Lipinski definition) is 2. The summed E-state index contributed by atoms with van der Waals surface area (Å²) in [6.07, 6.45) is 5.37. The number of rotatable bonds is 0.